The van der Waals surface area contributed by atoms with Crippen LogP contribution in [0.5, 0.6) is 0 Å². The van der Waals surface area contributed by atoms with Gasteiger partial charge < -0.3 is 5.11 Å². The molecule has 1 fully saturated rings. The van der Waals surface area contributed by atoms with E-state index in [-0.39, 0.29) is 0 Å². The molecule has 0 aromatic rings. The molecule has 0 aromatic heterocycles. The molecule has 0 radical (unpaired) electrons. The molecule has 1 rings (SSSR count). The smallest absolute Gasteiger partial charge is 0.0872 e. The molecule has 1 heterocycles. The van der Waals surface area contributed by atoms with Crippen molar-refractivity contribution in [1.29, 1.82) is 0 Å². The Morgan fingerprint density at radius 3 is 2.44 bits per heavy atom. The van der Waals surface area contributed by atoms with E-state index in [2.05, 4.69) is 35.8 Å². The summed E-state index contributed by atoms with van der Waals surface area (Å²) in [5.74, 6) is 0. The van der Waals surface area contributed by atoms with Crippen LogP contribution >= 0.6 is 23.5 Å². The lowest BCUT2D eigenvalue weighted by molar-refractivity contribution is -0.0785. The van der Waals surface area contributed by atoms with Crippen molar-refractivity contribution < 1.29 is 5.11 Å². The van der Waals surface area contributed by atoms with Crippen LogP contribution in [0.15, 0.2) is 22.0 Å². The SMILES string of the molecule is C/C=C(SC)\C(=C\SC)CN1CC(C)(O)C1. The van der Waals surface area contributed by atoms with E-state index in [9.17, 15) is 5.11 Å². The van der Waals surface area contributed by atoms with E-state index in [1.54, 1.807) is 23.5 Å². The number of hydrogen-bond donors (Lipinski definition) is 1. The predicted molar refractivity (Wildman–Crippen MR) is 75.9 cm³/mol. The minimum Gasteiger partial charge on any atom is -0.388 e. The van der Waals surface area contributed by atoms with Crippen LogP contribution in [0.1, 0.15) is 13.8 Å². The van der Waals surface area contributed by atoms with Gasteiger partial charge in [-0.1, -0.05) is 6.08 Å². The van der Waals surface area contributed by atoms with E-state index < -0.39 is 5.60 Å². The van der Waals surface area contributed by atoms with E-state index in [1.165, 1.54) is 10.5 Å². The molecule has 0 aromatic carbocycles. The first-order valence-corrected chi connectivity index (χ1v) is 7.91. The minimum absolute atomic E-state index is 0.472. The third-order valence-corrected chi connectivity index (χ3v) is 4.04. The lowest BCUT2D eigenvalue weighted by Gasteiger charge is -2.44. The molecule has 0 saturated carbocycles. The summed E-state index contributed by atoms with van der Waals surface area (Å²) in [5, 5.41) is 11.9. The van der Waals surface area contributed by atoms with Crippen molar-refractivity contribution in [2.45, 2.75) is 19.4 Å². The molecule has 92 valence electrons. The second-order valence-corrected chi connectivity index (χ2v) is 5.93. The van der Waals surface area contributed by atoms with Crippen molar-refractivity contribution in [3.8, 4) is 0 Å². The number of rotatable bonds is 5. The normalized spacial score (nSPS) is 22.1. The molecule has 1 N–H and O–H groups in total. The summed E-state index contributed by atoms with van der Waals surface area (Å²) >= 11 is 3.52. The summed E-state index contributed by atoms with van der Waals surface area (Å²) in [5.41, 5.74) is 0.887. The van der Waals surface area contributed by atoms with Gasteiger partial charge in [0.1, 0.15) is 0 Å². The average molecular weight is 259 g/mol. The van der Waals surface area contributed by atoms with Gasteiger partial charge in [0, 0.05) is 24.5 Å². The molecule has 0 amide bonds. The summed E-state index contributed by atoms with van der Waals surface area (Å²) in [7, 11) is 0. The molecule has 1 saturated heterocycles. The Morgan fingerprint density at radius 2 is 2.06 bits per heavy atom. The highest BCUT2D eigenvalue weighted by atomic mass is 32.2. The van der Waals surface area contributed by atoms with Crippen LogP contribution in [0.3, 0.4) is 0 Å². The van der Waals surface area contributed by atoms with E-state index in [0.29, 0.717) is 0 Å². The van der Waals surface area contributed by atoms with Crippen LogP contribution in [0.25, 0.3) is 0 Å². The first-order valence-electron chi connectivity index (χ1n) is 5.39. The highest BCUT2D eigenvalue weighted by Crippen LogP contribution is 2.28. The molecular weight excluding hydrogens is 238 g/mol. The van der Waals surface area contributed by atoms with Crippen LogP contribution in [0.4, 0.5) is 0 Å². The van der Waals surface area contributed by atoms with E-state index in [4.69, 9.17) is 0 Å². The Morgan fingerprint density at radius 1 is 1.44 bits per heavy atom. The zero-order chi connectivity index (χ0) is 12.2. The fourth-order valence-electron chi connectivity index (χ4n) is 2.02. The Hall–Kier alpha value is 0.1000. The van der Waals surface area contributed by atoms with Gasteiger partial charge in [0.2, 0.25) is 0 Å². The number of likely N-dealkylation sites (tertiary alicyclic amines) is 1. The fourth-order valence-corrected chi connectivity index (χ4v) is 3.20. The summed E-state index contributed by atoms with van der Waals surface area (Å²) in [6.07, 6.45) is 6.35. The highest BCUT2D eigenvalue weighted by Gasteiger charge is 2.36. The van der Waals surface area contributed by atoms with E-state index in [1.807, 2.05) is 6.92 Å². The van der Waals surface area contributed by atoms with Crippen molar-refractivity contribution in [1.82, 2.24) is 4.90 Å². The van der Waals surface area contributed by atoms with Crippen LogP contribution in [0.2, 0.25) is 0 Å². The molecule has 0 spiro atoms. The number of β-amino-alcohol motifs (C(OH)–C–C–N with tert-alkyl or cyclic N) is 1. The second kappa shape index (κ2) is 6.15. The van der Waals surface area contributed by atoms with Crippen molar-refractivity contribution >= 4 is 23.5 Å². The van der Waals surface area contributed by atoms with Crippen LogP contribution < -0.4 is 0 Å². The maximum atomic E-state index is 9.69. The van der Waals surface area contributed by atoms with Crippen molar-refractivity contribution in [3.63, 3.8) is 0 Å². The Labute approximate surface area is 107 Å². The predicted octanol–water partition coefficient (Wildman–Crippen LogP) is 2.57. The first kappa shape index (κ1) is 14.2. The molecule has 0 bridgehead atoms. The highest BCUT2D eigenvalue weighted by molar-refractivity contribution is 8.03. The molecule has 2 nitrogen and oxygen atoms in total. The Kier molecular flexibility index (Phi) is 5.44. The zero-order valence-corrected chi connectivity index (χ0v) is 12.1. The molecule has 0 unspecified atom stereocenters. The van der Waals surface area contributed by atoms with Gasteiger partial charge in [0.15, 0.2) is 0 Å². The monoisotopic (exact) mass is 259 g/mol. The molecular formula is C12H21NOS2. The summed E-state index contributed by atoms with van der Waals surface area (Å²) in [4.78, 5) is 3.61. The van der Waals surface area contributed by atoms with E-state index in [0.717, 1.165) is 19.6 Å². The summed E-state index contributed by atoms with van der Waals surface area (Å²) < 4.78 is 0. The third-order valence-electron chi connectivity index (χ3n) is 2.58. The van der Waals surface area contributed by atoms with Crippen LogP contribution in [-0.2, 0) is 0 Å². The Bertz CT molecular complexity index is 289. The lowest BCUT2D eigenvalue weighted by Crippen LogP contribution is -2.60. The van der Waals surface area contributed by atoms with Gasteiger partial charge in [-0.3, -0.25) is 4.90 Å². The second-order valence-electron chi connectivity index (χ2n) is 4.38. The largest absolute Gasteiger partial charge is 0.388 e. The molecule has 16 heavy (non-hydrogen) atoms. The van der Waals surface area contributed by atoms with Crippen LogP contribution in [-0.4, -0.2) is 47.8 Å². The van der Waals surface area contributed by atoms with Gasteiger partial charge in [0.05, 0.1) is 5.60 Å². The van der Waals surface area contributed by atoms with Gasteiger partial charge in [0.25, 0.3) is 0 Å². The number of aliphatic hydroxyl groups is 1. The lowest BCUT2D eigenvalue weighted by atomic mass is 9.96. The van der Waals surface area contributed by atoms with E-state index >= 15 is 0 Å². The molecule has 0 aliphatic carbocycles. The standard InChI is InChI=1S/C12H21NOS2/c1-5-11(16-4)10(7-15-3)6-13-8-12(2,14)9-13/h5,7,14H,6,8-9H2,1-4H3/b10-7+,11-5+. The zero-order valence-electron chi connectivity index (χ0n) is 10.5. The van der Waals surface area contributed by atoms with Crippen molar-refractivity contribution in [2.75, 3.05) is 32.1 Å². The molecule has 4 heteroatoms. The van der Waals surface area contributed by atoms with Gasteiger partial charge in [-0.15, -0.1) is 23.5 Å². The summed E-state index contributed by atoms with van der Waals surface area (Å²) in [6, 6.07) is 0. The fraction of sp³-hybridized carbons (Fsp3) is 0.667. The quantitative estimate of drug-likeness (QED) is 0.767. The summed E-state index contributed by atoms with van der Waals surface area (Å²) in [6.45, 7) is 6.48. The Balaban J connectivity index is 2.57. The maximum absolute atomic E-state index is 9.69. The van der Waals surface area contributed by atoms with Gasteiger partial charge >= 0.3 is 0 Å². The first-order chi connectivity index (χ1) is 7.52. The molecule has 1 aliphatic heterocycles. The number of thioether (sulfide) groups is 2. The van der Waals surface area contributed by atoms with Gasteiger partial charge in [-0.25, -0.2) is 0 Å². The van der Waals surface area contributed by atoms with Gasteiger partial charge in [-0.05, 0) is 37.3 Å². The minimum atomic E-state index is -0.472. The van der Waals surface area contributed by atoms with Crippen molar-refractivity contribution in [3.05, 3.63) is 22.0 Å². The number of hydrogen-bond acceptors (Lipinski definition) is 4. The molecule has 0 atom stereocenters. The molecule has 1 aliphatic rings. The van der Waals surface area contributed by atoms with Gasteiger partial charge in [-0.2, -0.15) is 0 Å². The van der Waals surface area contributed by atoms with Crippen molar-refractivity contribution in [2.24, 2.45) is 0 Å². The average Bonchev–Trinajstić information content (AvgIpc) is 2.17. The number of allylic oxidation sites excluding steroid dienone is 1. The third kappa shape index (κ3) is 3.84. The topological polar surface area (TPSA) is 23.5 Å². The number of nitrogens with zero attached hydrogens (tertiary/aromatic N) is 1. The van der Waals surface area contributed by atoms with Crippen LogP contribution in [0, 0.1) is 0 Å². The maximum Gasteiger partial charge on any atom is 0.0872 e.